The molecule has 10 nitrogen and oxygen atoms in total. The molecule has 0 radical (unpaired) electrons. The monoisotopic (exact) mass is 539 g/mol. The van der Waals surface area contributed by atoms with Crippen LogP contribution >= 0.6 is 0 Å². The molecule has 0 N–H and O–H groups in total. The van der Waals surface area contributed by atoms with Crippen molar-refractivity contribution in [3.05, 3.63) is 71.2 Å². The number of sulfonamides is 1. The first-order valence-corrected chi connectivity index (χ1v) is 14.2. The number of amides is 1. The molecule has 2 fully saturated rings. The van der Waals surface area contributed by atoms with Crippen molar-refractivity contribution in [3.8, 4) is 5.75 Å². The van der Waals surface area contributed by atoms with Crippen LogP contribution in [0.2, 0.25) is 0 Å². The third kappa shape index (κ3) is 5.59. The van der Waals surface area contributed by atoms with E-state index in [1.807, 2.05) is 12.1 Å². The topological polar surface area (TPSA) is 109 Å². The number of hydrogen-bond donors (Lipinski definition) is 0. The highest BCUT2D eigenvalue weighted by Crippen LogP contribution is 2.36. The molecule has 3 aromatic rings. The molecule has 1 saturated carbocycles. The van der Waals surface area contributed by atoms with Crippen molar-refractivity contribution in [1.82, 2.24) is 24.1 Å². The van der Waals surface area contributed by atoms with E-state index in [9.17, 15) is 13.2 Å². The van der Waals surface area contributed by atoms with Gasteiger partial charge in [0.1, 0.15) is 12.0 Å². The zero-order valence-corrected chi connectivity index (χ0v) is 22.8. The van der Waals surface area contributed by atoms with Gasteiger partial charge in [0.05, 0.1) is 18.6 Å². The Bertz CT molecular complexity index is 1370. The van der Waals surface area contributed by atoms with E-state index in [0.717, 1.165) is 32.5 Å². The summed E-state index contributed by atoms with van der Waals surface area (Å²) in [4.78, 5) is 25.9. The smallest absolute Gasteiger partial charge is 0.275 e. The van der Waals surface area contributed by atoms with E-state index in [4.69, 9.17) is 9.15 Å². The predicted octanol–water partition coefficient (Wildman–Crippen LogP) is 3.01. The fourth-order valence-corrected chi connectivity index (χ4v) is 7.01. The molecule has 3 heterocycles. The van der Waals surface area contributed by atoms with Gasteiger partial charge in [0, 0.05) is 51.2 Å². The Hall–Kier alpha value is -3.28. The van der Waals surface area contributed by atoms with Crippen LogP contribution in [0.25, 0.3) is 0 Å². The minimum absolute atomic E-state index is 0.0229. The first kappa shape index (κ1) is 26.3. The molecule has 11 heteroatoms. The van der Waals surface area contributed by atoms with Crippen molar-refractivity contribution in [2.45, 2.75) is 50.7 Å². The largest absolute Gasteiger partial charge is 0.497 e. The van der Waals surface area contributed by atoms with E-state index in [0.29, 0.717) is 30.0 Å². The summed E-state index contributed by atoms with van der Waals surface area (Å²) in [5.74, 6) is 0.626. The first-order chi connectivity index (χ1) is 18.3. The maximum atomic E-state index is 13.7. The van der Waals surface area contributed by atoms with Crippen LogP contribution in [0.5, 0.6) is 5.75 Å². The first-order valence-electron chi connectivity index (χ1n) is 12.8. The Morgan fingerprint density at radius 1 is 1.11 bits per heavy atom. The summed E-state index contributed by atoms with van der Waals surface area (Å²) >= 11 is 0. The van der Waals surface area contributed by atoms with Crippen molar-refractivity contribution < 1.29 is 22.4 Å². The number of benzene rings is 1. The van der Waals surface area contributed by atoms with E-state index in [1.54, 1.807) is 50.4 Å². The third-order valence-electron chi connectivity index (χ3n) is 7.07. The molecule has 2 aliphatic rings. The van der Waals surface area contributed by atoms with Crippen molar-refractivity contribution >= 4 is 15.9 Å². The summed E-state index contributed by atoms with van der Waals surface area (Å²) in [5, 5.41) is 0. The zero-order valence-electron chi connectivity index (χ0n) is 22.0. The lowest BCUT2D eigenvalue weighted by atomic mass is 10.1. The molecule has 0 atom stereocenters. The van der Waals surface area contributed by atoms with E-state index in [-0.39, 0.29) is 35.0 Å². The molecule has 1 aromatic carbocycles. The molecule has 0 bridgehead atoms. The van der Waals surface area contributed by atoms with Crippen molar-refractivity contribution in [3.63, 3.8) is 0 Å². The maximum absolute atomic E-state index is 13.7. The number of pyridine rings is 1. The van der Waals surface area contributed by atoms with Gasteiger partial charge in [-0.1, -0.05) is 0 Å². The summed E-state index contributed by atoms with van der Waals surface area (Å²) in [6.45, 7) is 7.02. The highest BCUT2D eigenvalue weighted by molar-refractivity contribution is 7.89. The highest BCUT2D eigenvalue weighted by atomic mass is 32.2. The van der Waals surface area contributed by atoms with Crippen molar-refractivity contribution in [2.75, 3.05) is 33.3 Å². The van der Waals surface area contributed by atoms with Crippen LogP contribution in [0.1, 0.15) is 45.9 Å². The van der Waals surface area contributed by atoms with E-state index in [1.165, 1.54) is 16.1 Å². The van der Waals surface area contributed by atoms with Crippen LogP contribution in [0, 0.1) is 13.8 Å². The minimum Gasteiger partial charge on any atom is -0.497 e. The molecule has 0 unspecified atom stereocenters. The number of piperazine rings is 1. The lowest BCUT2D eigenvalue weighted by Gasteiger charge is -2.34. The van der Waals surface area contributed by atoms with Crippen molar-refractivity contribution in [1.29, 1.82) is 0 Å². The van der Waals surface area contributed by atoms with Crippen LogP contribution < -0.4 is 4.74 Å². The summed E-state index contributed by atoms with van der Waals surface area (Å²) in [6, 6.07) is 7.33. The third-order valence-corrected chi connectivity index (χ3v) is 9.27. The quantitative estimate of drug-likeness (QED) is 0.408. The number of carbonyl (C=O) groups is 1. The van der Waals surface area contributed by atoms with Gasteiger partial charge in [-0.15, -0.1) is 0 Å². The fourth-order valence-electron chi connectivity index (χ4n) is 4.96. The second-order valence-electron chi connectivity index (χ2n) is 9.92. The average molecular weight is 540 g/mol. The van der Waals surface area contributed by atoms with Gasteiger partial charge < -0.3 is 14.1 Å². The normalized spacial score (nSPS) is 16.7. The van der Waals surface area contributed by atoms with Gasteiger partial charge in [-0.2, -0.15) is 4.31 Å². The van der Waals surface area contributed by atoms with Crippen LogP contribution in [0.4, 0.5) is 0 Å². The van der Waals surface area contributed by atoms with Gasteiger partial charge in [-0.25, -0.2) is 13.4 Å². The average Bonchev–Trinajstić information content (AvgIpc) is 3.63. The number of carbonyl (C=O) groups excluding carboxylic acids is 1. The lowest BCUT2D eigenvalue weighted by Crippen LogP contribution is -2.48. The Morgan fingerprint density at radius 2 is 1.76 bits per heavy atom. The second kappa shape index (κ2) is 10.8. The molecule has 1 saturated heterocycles. The Balaban J connectivity index is 1.25. The number of nitrogens with zero attached hydrogens (tertiary/aromatic N) is 5. The zero-order chi connectivity index (χ0) is 26.9. The number of aromatic nitrogens is 2. The van der Waals surface area contributed by atoms with Gasteiger partial charge in [0.2, 0.25) is 15.9 Å². The molecule has 0 spiro atoms. The molecule has 1 aliphatic heterocycles. The Labute approximate surface area is 223 Å². The minimum atomic E-state index is -3.81. The molecule has 1 amide bonds. The molecular formula is C27H33N5O5S. The van der Waals surface area contributed by atoms with E-state index >= 15 is 0 Å². The predicted molar refractivity (Wildman–Crippen MR) is 140 cm³/mol. The summed E-state index contributed by atoms with van der Waals surface area (Å²) in [6.07, 6.45) is 6.47. The highest BCUT2D eigenvalue weighted by Gasteiger charge is 2.40. The van der Waals surface area contributed by atoms with E-state index in [2.05, 4.69) is 14.9 Å². The molecule has 202 valence electrons. The molecule has 2 aromatic heterocycles. The lowest BCUT2D eigenvalue weighted by molar-refractivity contribution is 0.0622. The summed E-state index contributed by atoms with van der Waals surface area (Å²) < 4.78 is 39.8. The number of rotatable bonds is 9. The molecular weight excluding hydrogens is 506 g/mol. The Morgan fingerprint density at radius 3 is 2.37 bits per heavy atom. The van der Waals surface area contributed by atoms with E-state index < -0.39 is 10.0 Å². The number of hydrogen-bond acceptors (Lipinski definition) is 8. The SMILES string of the molecule is COc1cc(C)c(S(=O)(=O)N(Cc2nc(C(=O)N3CCN(Cc4ccncc4)CC3)co2)C2CC2)c(C)c1. The van der Waals surface area contributed by atoms with Crippen LogP contribution in [-0.2, 0) is 23.1 Å². The van der Waals surface area contributed by atoms with Crippen molar-refractivity contribution in [2.24, 2.45) is 0 Å². The number of oxazole rings is 1. The Kier molecular flexibility index (Phi) is 7.51. The number of ether oxygens (including phenoxy) is 1. The van der Waals surface area contributed by atoms with Gasteiger partial charge >= 0.3 is 0 Å². The standard InChI is InChI=1S/C27H33N5O5S/c1-19-14-23(36-3)15-20(2)26(19)38(34,35)32(22-4-5-22)17-25-29-24(18-37-25)27(33)31-12-10-30(11-13-31)16-21-6-8-28-9-7-21/h6-9,14-15,18,22H,4-5,10-13,16-17H2,1-3H3. The molecule has 5 rings (SSSR count). The van der Waals surface area contributed by atoms with Gasteiger partial charge in [-0.3, -0.25) is 14.7 Å². The summed E-state index contributed by atoms with van der Waals surface area (Å²) in [7, 11) is -2.25. The number of methoxy groups -OCH3 is 1. The molecule has 1 aliphatic carbocycles. The van der Waals surface area contributed by atoms with Crippen LogP contribution in [0.15, 0.2) is 52.2 Å². The number of aryl methyl sites for hydroxylation is 2. The van der Waals surface area contributed by atoms with Gasteiger partial charge in [-0.05, 0) is 67.6 Å². The fraction of sp³-hybridized carbons (Fsp3) is 0.444. The second-order valence-corrected chi connectivity index (χ2v) is 11.7. The van der Waals surface area contributed by atoms with Crippen LogP contribution in [0.3, 0.4) is 0 Å². The molecule has 38 heavy (non-hydrogen) atoms. The summed E-state index contributed by atoms with van der Waals surface area (Å²) in [5.41, 5.74) is 2.64. The maximum Gasteiger partial charge on any atom is 0.275 e. The van der Waals surface area contributed by atoms with Crippen LogP contribution in [-0.4, -0.2) is 77.7 Å². The van der Waals surface area contributed by atoms with Gasteiger partial charge in [0.25, 0.3) is 5.91 Å². The van der Waals surface area contributed by atoms with Gasteiger partial charge in [0.15, 0.2) is 5.69 Å².